The molecule has 24 heavy (non-hydrogen) atoms. The molecular formula is C17H19N3O4. The first-order chi connectivity index (χ1) is 11.7. The molecule has 7 nitrogen and oxygen atoms in total. The molecule has 1 amide bonds. The number of furan rings is 1. The molecule has 0 saturated carbocycles. The molecule has 3 rings (SSSR count). The first kappa shape index (κ1) is 16.0. The molecule has 7 heteroatoms. The third-order valence-corrected chi connectivity index (χ3v) is 3.70. The zero-order valence-corrected chi connectivity index (χ0v) is 13.4. The zero-order valence-electron chi connectivity index (χ0n) is 13.4. The van der Waals surface area contributed by atoms with Crippen molar-refractivity contribution in [3.63, 3.8) is 0 Å². The van der Waals surface area contributed by atoms with Crippen molar-refractivity contribution >= 4 is 12.0 Å². The summed E-state index contributed by atoms with van der Waals surface area (Å²) in [6, 6.07) is 5.52. The second-order valence-electron chi connectivity index (χ2n) is 5.40. The fourth-order valence-corrected chi connectivity index (χ4v) is 2.54. The minimum absolute atomic E-state index is 0.0556. The molecule has 0 N–H and O–H groups in total. The Labute approximate surface area is 139 Å². The van der Waals surface area contributed by atoms with Crippen LogP contribution in [0, 0.1) is 0 Å². The number of amides is 1. The van der Waals surface area contributed by atoms with E-state index in [9.17, 15) is 4.79 Å². The fourth-order valence-electron chi connectivity index (χ4n) is 2.54. The van der Waals surface area contributed by atoms with Gasteiger partial charge in [0.2, 0.25) is 11.8 Å². The van der Waals surface area contributed by atoms with Crippen LogP contribution in [-0.2, 0) is 4.79 Å². The monoisotopic (exact) mass is 329 g/mol. The van der Waals surface area contributed by atoms with Crippen molar-refractivity contribution in [2.75, 3.05) is 20.2 Å². The van der Waals surface area contributed by atoms with Crippen molar-refractivity contribution in [3.8, 4) is 11.9 Å². The normalized spacial score (nSPS) is 17.9. The van der Waals surface area contributed by atoms with Gasteiger partial charge >= 0.3 is 6.01 Å². The highest BCUT2D eigenvalue weighted by molar-refractivity contribution is 5.91. The summed E-state index contributed by atoms with van der Waals surface area (Å²) in [5.41, 5.74) is 0. The van der Waals surface area contributed by atoms with Gasteiger partial charge in [0.25, 0.3) is 0 Å². The maximum Gasteiger partial charge on any atom is 0.319 e. The standard InChI is InChI=1S/C17H19N3O4/c1-22-17-18-9-8-15(19-17)24-14-4-2-10-20(12-14)16(21)7-6-13-5-3-11-23-13/h3,5-9,11,14H,2,4,10,12H2,1H3/b7-6+. The third-order valence-electron chi connectivity index (χ3n) is 3.70. The van der Waals surface area contributed by atoms with Gasteiger partial charge in [-0.1, -0.05) is 0 Å². The lowest BCUT2D eigenvalue weighted by Crippen LogP contribution is -2.43. The largest absolute Gasteiger partial charge is 0.472 e. The van der Waals surface area contributed by atoms with Crippen LogP contribution in [0.5, 0.6) is 11.9 Å². The van der Waals surface area contributed by atoms with E-state index >= 15 is 0 Å². The number of nitrogens with zero attached hydrogens (tertiary/aromatic N) is 3. The Hall–Kier alpha value is -2.83. The summed E-state index contributed by atoms with van der Waals surface area (Å²) in [4.78, 5) is 22.1. The molecule has 1 atom stereocenters. The van der Waals surface area contributed by atoms with Crippen LogP contribution in [-0.4, -0.2) is 47.1 Å². The number of methoxy groups -OCH3 is 1. The number of rotatable bonds is 5. The Balaban J connectivity index is 1.58. The molecule has 0 aromatic carbocycles. The highest BCUT2D eigenvalue weighted by Gasteiger charge is 2.24. The number of carbonyl (C=O) groups excluding carboxylic acids is 1. The van der Waals surface area contributed by atoms with Gasteiger partial charge in [-0.3, -0.25) is 4.79 Å². The average Bonchev–Trinajstić information content (AvgIpc) is 3.13. The second-order valence-corrected chi connectivity index (χ2v) is 5.40. The van der Waals surface area contributed by atoms with Gasteiger partial charge in [0, 0.05) is 24.9 Å². The van der Waals surface area contributed by atoms with E-state index in [-0.39, 0.29) is 18.0 Å². The lowest BCUT2D eigenvalue weighted by molar-refractivity contribution is -0.128. The van der Waals surface area contributed by atoms with E-state index in [2.05, 4.69) is 9.97 Å². The Morgan fingerprint density at radius 1 is 1.46 bits per heavy atom. The molecule has 0 spiro atoms. The van der Waals surface area contributed by atoms with Crippen LogP contribution in [0.2, 0.25) is 0 Å². The van der Waals surface area contributed by atoms with Gasteiger partial charge in [0.1, 0.15) is 11.9 Å². The number of hydrogen-bond acceptors (Lipinski definition) is 6. The van der Waals surface area contributed by atoms with E-state index in [1.807, 2.05) is 0 Å². The minimum atomic E-state index is -0.0979. The average molecular weight is 329 g/mol. The highest BCUT2D eigenvalue weighted by Crippen LogP contribution is 2.18. The number of likely N-dealkylation sites (tertiary alicyclic amines) is 1. The highest BCUT2D eigenvalue weighted by atomic mass is 16.5. The van der Waals surface area contributed by atoms with Gasteiger partial charge < -0.3 is 18.8 Å². The van der Waals surface area contributed by atoms with Crippen LogP contribution in [0.1, 0.15) is 18.6 Å². The summed E-state index contributed by atoms with van der Waals surface area (Å²) in [6.45, 7) is 1.24. The Kier molecular flexibility index (Phi) is 5.10. The van der Waals surface area contributed by atoms with Gasteiger partial charge in [-0.05, 0) is 31.1 Å². The van der Waals surface area contributed by atoms with Gasteiger partial charge in [0.05, 0.1) is 19.9 Å². The lowest BCUT2D eigenvalue weighted by atomic mass is 10.1. The predicted molar refractivity (Wildman–Crippen MR) is 86.6 cm³/mol. The van der Waals surface area contributed by atoms with Crippen LogP contribution in [0.15, 0.2) is 41.2 Å². The molecule has 0 bridgehead atoms. The molecule has 2 aromatic rings. The van der Waals surface area contributed by atoms with Gasteiger partial charge in [-0.15, -0.1) is 0 Å². The first-order valence-electron chi connectivity index (χ1n) is 7.79. The van der Waals surface area contributed by atoms with Crippen molar-refractivity contribution in [3.05, 3.63) is 42.5 Å². The SMILES string of the molecule is COc1nccc(OC2CCCN(C(=O)/C=C/c3ccco3)C2)n1. The molecule has 1 aliphatic heterocycles. The number of carbonyl (C=O) groups is 1. The van der Waals surface area contributed by atoms with Crippen molar-refractivity contribution in [2.24, 2.45) is 0 Å². The number of piperidine rings is 1. The summed E-state index contributed by atoms with van der Waals surface area (Å²) >= 11 is 0. The summed E-state index contributed by atoms with van der Waals surface area (Å²) in [5.74, 6) is 1.05. The van der Waals surface area contributed by atoms with Gasteiger partial charge in [-0.25, -0.2) is 4.98 Å². The molecule has 0 aliphatic carbocycles. The lowest BCUT2D eigenvalue weighted by Gasteiger charge is -2.31. The molecule has 3 heterocycles. The summed E-state index contributed by atoms with van der Waals surface area (Å²) in [7, 11) is 1.51. The Morgan fingerprint density at radius 2 is 2.38 bits per heavy atom. The Morgan fingerprint density at radius 3 is 3.17 bits per heavy atom. The molecular weight excluding hydrogens is 310 g/mol. The minimum Gasteiger partial charge on any atom is -0.472 e. The van der Waals surface area contributed by atoms with Gasteiger partial charge in [-0.2, -0.15) is 4.98 Å². The van der Waals surface area contributed by atoms with E-state index in [1.165, 1.54) is 13.2 Å². The van der Waals surface area contributed by atoms with Crippen LogP contribution in [0.3, 0.4) is 0 Å². The molecule has 2 aromatic heterocycles. The van der Waals surface area contributed by atoms with Crippen LogP contribution in [0.25, 0.3) is 6.08 Å². The van der Waals surface area contributed by atoms with E-state index in [1.54, 1.807) is 41.6 Å². The molecule has 1 unspecified atom stereocenters. The smallest absolute Gasteiger partial charge is 0.319 e. The van der Waals surface area contributed by atoms with E-state index in [4.69, 9.17) is 13.9 Å². The quantitative estimate of drug-likeness (QED) is 0.782. The number of ether oxygens (including phenoxy) is 2. The number of aromatic nitrogens is 2. The Bertz CT molecular complexity index is 700. The van der Waals surface area contributed by atoms with Crippen molar-refractivity contribution in [1.82, 2.24) is 14.9 Å². The molecule has 1 fully saturated rings. The first-order valence-corrected chi connectivity index (χ1v) is 7.79. The van der Waals surface area contributed by atoms with E-state index in [0.29, 0.717) is 24.7 Å². The molecule has 126 valence electrons. The predicted octanol–water partition coefficient (Wildman–Crippen LogP) is 2.16. The maximum absolute atomic E-state index is 12.3. The molecule has 0 radical (unpaired) electrons. The summed E-state index contributed by atoms with van der Waals surface area (Å²) < 4.78 is 16.0. The van der Waals surface area contributed by atoms with Crippen molar-refractivity contribution < 1.29 is 18.7 Å². The van der Waals surface area contributed by atoms with Crippen LogP contribution < -0.4 is 9.47 Å². The fraction of sp³-hybridized carbons (Fsp3) is 0.353. The van der Waals surface area contributed by atoms with E-state index < -0.39 is 0 Å². The van der Waals surface area contributed by atoms with Gasteiger partial charge in [0.15, 0.2) is 0 Å². The van der Waals surface area contributed by atoms with Crippen molar-refractivity contribution in [1.29, 1.82) is 0 Å². The second kappa shape index (κ2) is 7.63. The summed E-state index contributed by atoms with van der Waals surface area (Å²) in [6.07, 6.45) is 8.01. The van der Waals surface area contributed by atoms with Crippen LogP contribution in [0.4, 0.5) is 0 Å². The maximum atomic E-state index is 12.3. The van der Waals surface area contributed by atoms with E-state index in [0.717, 1.165) is 12.8 Å². The van der Waals surface area contributed by atoms with Crippen LogP contribution >= 0.6 is 0 Å². The zero-order chi connectivity index (χ0) is 16.8. The third kappa shape index (κ3) is 4.13. The molecule has 1 saturated heterocycles. The molecule has 1 aliphatic rings. The summed E-state index contributed by atoms with van der Waals surface area (Å²) in [5, 5.41) is 0. The topological polar surface area (TPSA) is 77.7 Å². The number of hydrogen-bond donors (Lipinski definition) is 0. The van der Waals surface area contributed by atoms with Crippen molar-refractivity contribution in [2.45, 2.75) is 18.9 Å².